The first-order chi connectivity index (χ1) is 9.61. The van der Waals surface area contributed by atoms with Gasteiger partial charge in [-0.05, 0) is 27.6 Å². The maximum atomic E-state index is 13.6. The van der Waals surface area contributed by atoms with Crippen molar-refractivity contribution in [2.75, 3.05) is 11.9 Å². The molecule has 0 saturated heterocycles. The van der Waals surface area contributed by atoms with E-state index in [0.29, 0.717) is 0 Å². The van der Waals surface area contributed by atoms with E-state index in [2.05, 4.69) is 27.3 Å². The Labute approximate surface area is 124 Å². The average molecular weight is 337 g/mol. The molecular formula is C15H11BrF2N2. The smallest absolute Gasteiger partial charge is 0.147 e. The van der Waals surface area contributed by atoms with E-state index >= 15 is 0 Å². The number of nitrogens with zero attached hydrogens (tertiary/aromatic N) is 1. The minimum Gasteiger partial charge on any atom is -0.381 e. The highest BCUT2D eigenvalue weighted by atomic mass is 79.9. The highest BCUT2D eigenvalue weighted by Crippen LogP contribution is 2.24. The van der Waals surface area contributed by atoms with Crippen molar-refractivity contribution in [3.63, 3.8) is 0 Å². The quantitative estimate of drug-likeness (QED) is 0.837. The normalized spacial score (nSPS) is 11.7. The summed E-state index contributed by atoms with van der Waals surface area (Å²) >= 11 is 2.92. The van der Waals surface area contributed by atoms with Gasteiger partial charge in [-0.2, -0.15) is 5.26 Å². The summed E-state index contributed by atoms with van der Waals surface area (Å²) in [6.07, 6.45) is 0. The molecule has 0 aliphatic carbocycles. The molecule has 2 aromatic rings. The van der Waals surface area contributed by atoms with E-state index < -0.39 is 17.6 Å². The molecule has 0 aromatic heterocycles. The van der Waals surface area contributed by atoms with Gasteiger partial charge in [0.1, 0.15) is 11.6 Å². The van der Waals surface area contributed by atoms with E-state index in [0.717, 1.165) is 17.7 Å². The van der Waals surface area contributed by atoms with Crippen LogP contribution in [0.2, 0.25) is 0 Å². The largest absolute Gasteiger partial charge is 0.381 e. The van der Waals surface area contributed by atoms with Crippen LogP contribution in [0.3, 0.4) is 0 Å². The predicted molar refractivity (Wildman–Crippen MR) is 77.3 cm³/mol. The summed E-state index contributed by atoms with van der Waals surface area (Å²) in [5.74, 6) is -1.55. The Morgan fingerprint density at radius 2 is 1.85 bits per heavy atom. The molecule has 0 aliphatic heterocycles. The van der Waals surface area contributed by atoms with E-state index in [9.17, 15) is 8.78 Å². The summed E-state index contributed by atoms with van der Waals surface area (Å²) in [7, 11) is 0. The molecule has 102 valence electrons. The van der Waals surface area contributed by atoms with Gasteiger partial charge in [-0.1, -0.05) is 30.3 Å². The first-order valence-electron chi connectivity index (χ1n) is 5.95. The second-order valence-corrected chi connectivity index (χ2v) is 5.07. The zero-order valence-corrected chi connectivity index (χ0v) is 12.0. The van der Waals surface area contributed by atoms with Crippen molar-refractivity contribution in [3.05, 3.63) is 64.1 Å². The lowest BCUT2D eigenvalue weighted by Gasteiger charge is -2.13. The molecule has 0 spiro atoms. The molecule has 2 nitrogen and oxygen atoms in total. The zero-order chi connectivity index (χ0) is 14.5. The van der Waals surface area contributed by atoms with Crippen LogP contribution in [-0.2, 0) is 0 Å². The van der Waals surface area contributed by atoms with Crippen LogP contribution in [-0.4, -0.2) is 6.54 Å². The lowest BCUT2D eigenvalue weighted by molar-refractivity contribution is 0.596. The minimum atomic E-state index is -0.567. The Hall–Kier alpha value is -1.93. The third-order valence-electron chi connectivity index (χ3n) is 2.86. The second-order valence-electron chi connectivity index (χ2n) is 4.22. The molecule has 20 heavy (non-hydrogen) atoms. The molecular weight excluding hydrogens is 326 g/mol. The van der Waals surface area contributed by atoms with Crippen LogP contribution in [0.1, 0.15) is 11.5 Å². The van der Waals surface area contributed by atoms with Crippen LogP contribution in [0.15, 0.2) is 46.9 Å². The summed E-state index contributed by atoms with van der Waals surface area (Å²) in [5, 5.41) is 11.9. The highest BCUT2D eigenvalue weighted by Gasteiger charge is 2.12. The SMILES string of the molecule is N#CC(CNc1cc(F)c(Br)cc1F)c1ccccc1. The molecule has 0 amide bonds. The van der Waals surface area contributed by atoms with E-state index in [-0.39, 0.29) is 16.7 Å². The van der Waals surface area contributed by atoms with Gasteiger partial charge in [-0.3, -0.25) is 0 Å². The van der Waals surface area contributed by atoms with Crippen molar-refractivity contribution in [1.29, 1.82) is 5.26 Å². The fraction of sp³-hybridized carbons (Fsp3) is 0.133. The molecule has 1 atom stereocenters. The monoisotopic (exact) mass is 336 g/mol. The molecule has 0 fully saturated rings. The van der Waals surface area contributed by atoms with Crippen LogP contribution in [0.5, 0.6) is 0 Å². The number of hydrogen-bond acceptors (Lipinski definition) is 2. The standard InChI is InChI=1S/C15H11BrF2N2/c16-12-6-14(18)15(7-13(12)17)20-9-11(8-19)10-4-2-1-3-5-10/h1-7,11,20H,9H2. The summed E-state index contributed by atoms with van der Waals surface area (Å²) < 4.78 is 27.1. The average Bonchev–Trinajstić information content (AvgIpc) is 2.46. The third-order valence-corrected chi connectivity index (χ3v) is 3.47. The second kappa shape index (κ2) is 6.49. The number of hydrogen-bond donors (Lipinski definition) is 1. The lowest BCUT2D eigenvalue weighted by Crippen LogP contribution is -2.12. The molecule has 1 N–H and O–H groups in total. The summed E-state index contributed by atoms with van der Waals surface area (Å²) in [6, 6.07) is 13.4. The number of anilines is 1. The predicted octanol–water partition coefficient (Wildman–Crippen LogP) is 4.45. The van der Waals surface area contributed by atoms with Crippen molar-refractivity contribution in [1.82, 2.24) is 0 Å². The molecule has 2 rings (SSSR count). The van der Waals surface area contributed by atoms with Crippen LogP contribution >= 0.6 is 15.9 Å². The Kier molecular flexibility index (Phi) is 4.70. The Bertz CT molecular complexity index is 638. The Morgan fingerprint density at radius 1 is 1.15 bits per heavy atom. The van der Waals surface area contributed by atoms with Crippen molar-refractivity contribution < 1.29 is 8.78 Å². The van der Waals surface area contributed by atoms with Crippen LogP contribution in [0, 0.1) is 23.0 Å². The van der Waals surface area contributed by atoms with Gasteiger partial charge in [0.2, 0.25) is 0 Å². The Balaban J connectivity index is 2.12. The fourth-order valence-electron chi connectivity index (χ4n) is 1.79. The van der Waals surface area contributed by atoms with Crippen molar-refractivity contribution >= 4 is 21.6 Å². The molecule has 2 aromatic carbocycles. The molecule has 0 radical (unpaired) electrons. The van der Waals surface area contributed by atoms with Gasteiger partial charge in [-0.25, -0.2) is 8.78 Å². The molecule has 1 unspecified atom stereocenters. The fourth-order valence-corrected chi connectivity index (χ4v) is 2.11. The van der Waals surface area contributed by atoms with Gasteiger partial charge in [-0.15, -0.1) is 0 Å². The maximum Gasteiger partial charge on any atom is 0.147 e. The number of nitriles is 1. The highest BCUT2D eigenvalue weighted by molar-refractivity contribution is 9.10. The van der Waals surface area contributed by atoms with Crippen molar-refractivity contribution in [2.24, 2.45) is 0 Å². The van der Waals surface area contributed by atoms with E-state index in [1.54, 1.807) is 0 Å². The molecule has 0 bridgehead atoms. The van der Waals surface area contributed by atoms with Gasteiger partial charge in [0.05, 0.1) is 22.1 Å². The maximum absolute atomic E-state index is 13.6. The van der Waals surface area contributed by atoms with E-state index in [4.69, 9.17) is 5.26 Å². The molecule has 0 aliphatic rings. The molecule has 0 heterocycles. The minimum absolute atomic E-state index is 0.0434. The van der Waals surface area contributed by atoms with Gasteiger partial charge in [0, 0.05) is 12.6 Å². The van der Waals surface area contributed by atoms with Gasteiger partial charge >= 0.3 is 0 Å². The number of nitrogens with one attached hydrogen (secondary N) is 1. The molecule has 5 heteroatoms. The summed E-state index contributed by atoms with van der Waals surface area (Å²) in [5.41, 5.74) is 0.877. The van der Waals surface area contributed by atoms with Gasteiger partial charge < -0.3 is 5.32 Å². The van der Waals surface area contributed by atoms with Crippen LogP contribution in [0.4, 0.5) is 14.5 Å². The van der Waals surface area contributed by atoms with Gasteiger partial charge in [0.25, 0.3) is 0 Å². The van der Waals surface area contributed by atoms with E-state index in [1.165, 1.54) is 0 Å². The number of halogens is 3. The van der Waals surface area contributed by atoms with Gasteiger partial charge in [0.15, 0.2) is 0 Å². The zero-order valence-electron chi connectivity index (χ0n) is 10.4. The molecule has 0 saturated carbocycles. The Morgan fingerprint density at radius 3 is 2.50 bits per heavy atom. The number of rotatable bonds is 4. The van der Waals surface area contributed by atoms with E-state index in [1.807, 2.05) is 30.3 Å². The van der Waals surface area contributed by atoms with Crippen LogP contribution < -0.4 is 5.32 Å². The van der Waals surface area contributed by atoms with Crippen molar-refractivity contribution in [2.45, 2.75) is 5.92 Å². The summed E-state index contributed by atoms with van der Waals surface area (Å²) in [6.45, 7) is 0.207. The first kappa shape index (κ1) is 14.5. The van der Waals surface area contributed by atoms with Crippen LogP contribution in [0.25, 0.3) is 0 Å². The summed E-state index contributed by atoms with van der Waals surface area (Å²) in [4.78, 5) is 0. The number of benzene rings is 2. The lowest BCUT2D eigenvalue weighted by atomic mass is 10.0. The van der Waals surface area contributed by atoms with Crippen molar-refractivity contribution in [3.8, 4) is 6.07 Å². The third kappa shape index (κ3) is 3.34. The topological polar surface area (TPSA) is 35.8 Å². The first-order valence-corrected chi connectivity index (χ1v) is 6.74.